The van der Waals surface area contributed by atoms with E-state index in [1.54, 1.807) is 30.3 Å². The third-order valence-corrected chi connectivity index (χ3v) is 5.97. The van der Waals surface area contributed by atoms with E-state index in [2.05, 4.69) is 0 Å². The largest absolute Gasteiger partial charge is 0.508 e. The molecule has 0 aromatic heterocycles. The van der Waals surface area contributed by atoms with Gasteiger partial charge in [0.1, 0.15) is 11.5 Å². The first-order chi connectivity index (χ1) is 15.7. The third kappa shape index (κ3) is 4.97. The molecule has 172 valence electrons. The summed E-state index contributed by atoms with van der Waals surface area (Å²) < 4.78 is 44.5. The maximum atomic E-state index is 13.1. The number of alkyl halides is 3. The van der Waals surface area contributed by atoms with Crippen molar-refractivity contribution in [3.8, 4) is 22.6 Å². The highest BCUT2D eigenvalue weighted by Crippen LogP contribution is 2.40. The first-order valence-corrected chi connectivity index (χ1v) is 10.7. The number of phenols is 1. The van der Waals surface area contributed by atoms with Gasteiger partial charge in [-0.25, -0.2) is 0 Å². The molecule has 2 N–H and O–H groups in total. The van der Waals surface area contributed by atoms with Crippen LogP contribution in [0, 0.1) is 0 Å². The summed E-state index contributed by atoms with van der Waals surface area (Å²) in [5.41, 5.74) is 3.63. The van der Waals surface area contributed by atoms with E-state index in [0.29, 0.717) is 17.9 Å². The van der Waals surface area contributed by atoms with Crippen molar-refractivity contribution in [3.63, 3.8) is 0 Å². The van der Waals surface area contributed by atoms with E-state index in [4.69, 9.17) is 14.9 Å². The van der Waals surface area contributed by atoms with Gasteiger partial charge in [-0.1, -0.05) is 42.5 Å². The Labute approximate surface area is 189 Å². The van der Waals surface area contributed by atoms with Crippen LogP contribution in [-0.4, -0.2) is 22.8 Å². The minimum absolute atomic E-state index is 0.0672. The number of hydrogen-bond donors (Lipinski definition) is 2. The van der Waals surface area contributed by atoms with Crippen LogP contribution < -0.4 is 4.74 Å². The molecule has 1 unspecified atom stereocenters. The highest BCUT2D eigenvalue weighted by atomic mass is 19.4. The Morgan fingerprint density at radius 1 is 1.00 bits per heavy atom. The Kier molecular flexibility index (Phi) is 6.31. The summed E-state index contributed by atoms with van der Waals surface area (Å²) in [5.74, 6) is -0.196. The average molecular weight is 456 g/mol. The molecule has 3 aromatic rings. The number of ether oxygens (including phenoxy) is 1. The summed E-state index contributed by atoms with van der Waals surface area (Å²) in [4.78, 5) is 10.5. The minimum Gasteiger partial charge on any atom is -0.508 e. The number of carbonyl (C=O) groups is 1. The second-order valence-electron chi connectivity index (χ2n) is 8.17. The van der Waals surface area contributed by atoms with Crippen LogP contribution in [0.25, 0.3) is 11.1 Å². The summed E-state index contributed by atoms with van der Waals surface area (Å²) in [7, 11) is 0. The second-order valence-corrected chi connectivity index (χ2v) is 8.17. The Morgan fingerprint density at radius 2 is 1.76 bits per heavy atom. The molecule has 0 fully saturated rings. The zero-order chi connectivity index (χ0) is 23.6. The van der Waals surface area contributed by atoms with Crippen LogP contribution in [-0.2, 0) is 23.8 Å². The zero-order valence-corrected chi connectivity index (χ0v) is 17.7. The lowest BCUT2D eigenvalue weighted by molar-refractivity contribution is -0.138. The monoisotopic (exact) mass is 456 g/mol. The van der Waals surface area contributed by atoms with E-state index in [9.17, 15) is 18.0 Å². The summed E-state index contributed by atoms with van der Waals surface area (Å²) in [5, 5.41) is 17.8. The molecule has 0 bridgehead atoms. The predicted octanol–water partition coefficient (Wildman–Crippen LogP) is 6.20. The number of aliphatic carboxylic acids is 1. The maximum absolute atomic E-state index is 13.1. The molecule has 0 spiro atoms. The van der Waals surface area contributed by atoms with Crippen molar-refractivity contribution in [2.75, 3.05) is 6.61 Å². The summed E-state index contributed by atoms with van der Waals surface area (Å²) in [6.45, 7) is 0.380. The van der Waals surface area contributed by atoms with Gasteiger partial charge >= 0.3 is 12.1 Å². The molecule has 1 aliphatic carbocycles. The molecule has 0 saturated carbocycles. The Hall–Kier alpha value is -3.48. The highest BCUT2D eigenvalue weighted by molar-refractivity contribution is 5.73. The number of aryl methyl sites for hydroxylation is 1. The summed E-state index contributed by atoms with van der Waals surface area (Å²) >= 11 is 0. The van der Waals surface area contributed by atoms with E-state index in [0.717, 1.165) is 42.0 Å². The van der Waals surface area contributed by atoms with Crippen LogP contribution in [0.5, 0.6) is 11.5 Å². The van der Waals surface area contributed by atoms with E-state index in [-0.39, 0.29) is 18.1 Å². The lowest BCUT2D eigenvalue weighted by Gasteiger charge is -2.15. The van der Waals surface area contributed by atoms with Crippen molar-refractivity contribution in [3.05, 3.63) is 82.9 Å². The van der Waals surface area contributed by atoms with Gasteiger partial charge in [0.15, 0.2) is 0 Å². The molecule has 0 amide bonds. The predicted molar refractivity (Wildman–Crippen MR) is 118 cm³/mol. The van der Waals surface area contributed by atoms with Crippen molar-refractivity contribution in [2.24, 2.45) is 0 Å². The molecule has 1 heterocycles. The first kappa shape index (κ1) is 22.7. The molecule has 7 heteroatoms. The fourth-order valence-electron chi connectivity index (χ4n) is 4.48. The third-order valence-electron chi connectivity index (χ3n) is 5.97. The van der Waals surface area contributed by atoms with E-state index >= 15 is 0 Å². The molecule has 1 aliphatic heterocycles. The van der Waals surface area contributed by atoms with E-state index < -0.39 is 17.7 Å². The molecule has 1 atom stereocenters. The molecular formula is C26H23F3O4. The molecule has 2 aliphatic rings. The van der Waals surface area contributed by atoms with Crippen molar-refractivity contribution >= 4 is 5.97 Å². The van der Waals surface area contributed by atoms with Gasteiger partial charge in [-0.3, -0.25) is 4.79 Å². The normalized spacial score (nSPS) is 16.3. The zero-order valence-electron chi connectivity index (χ0n) is 17.7. The average Bonchev–Trinajstić information content (AvgIpc) is 3.40. The lowest BCUT2D eigenvalue weighted by atomic mass is 9.93. The highest BCUT2D eigenvalue weighted by Gasteiger charge is 2.34. The van der Waals surface area contributed by atoms with Gasteiger partial charge in [-0.05, 0) is 53.6 Å². The standard InChI is InChI=1S/C16H13F3.C10H10O4/c17-16(18,19)15-10-2-1-7-14(15)13-9-4-6-11-5-3-8-12(11)13;11-7-1-2-8-6(3-10(12)13)5-14-9(8)4-7/h1-2,4,6-7,9-10H,3,5,8H2;1-2,4,6,11H,3,5H2,(H,12,13). The SMILES string of the molecule is FC(F)(F)c1ccccc1-c1cccc2c1CCC2.O=C(O)CC1COc2cc(O)ccc21. The van der Waals surface area contributed by atoms with Gasteiger partial charge in [-0.15, -0.1) is 0 Å². The fraction of sp³-hybridized carbons (Fsp3) is 0.269. The van der Waals surface area contributed by atoms with Gasteiger partial charge in [0.2, 0.25) is 0 Å². The molecular weight excluding hydrogens is 433 g/mol. The molecule has 0 saturated heterocycles. The maximum Gasteiger partial charge on any atom is 0.417 e. The number of benzene rings is 3. The summed E-state index contributed by atoms with van der Waals surface area (Å²) in [6.07, 6.45) is -1.37. The van der Waals surface area contributed by atoms with E-state index in [1.807, 2.05) is 12.1 Å². The Balaban J connectivity index is 0.000000165. The number of aromatic hydroxyl groups is 1. The van der Waals surface area contributed by atoms with Gasteiger partial charge in [0.05, 0.1) is 18.6 Å². The van der Waals surface area contributed by atoms with Gasteiger partial charge < -0.3 is 14.9 Å². The summed E-state index contributed by atoms with van der Waals surface area (Å²) in [6, 6.07) is 16.3. The van der Waals surface area contributed by atoms with Crippen molar-refractivity contribution in [1.29, 1.82) is 0 Å². The number of halogens is 3. The molecule has 0 radical (unpaired) electrons. The quantitative estimate of drug-likeness (QED) is 0.492. The Morgan fingerprint density at radius 3 is 2.52 bits per heavy atom. The van der Waals surface area contributed by atoms with Gasteiger partial charge in [0.25, 0.3) is 0 Å². The molecule has 3 aromatic carbocycles. The number of phenolic OH excluding ortho intramolecular Hbond substituents is 1. The molecule has 5 rings (SSSR count). The van der Waals surface area contributed by atoms with Crippen molar-refractivity contribution in [1.82, 2.24) is 0 Å². The van der Waals surface area contributed by atoms with Crippen LogP contribution in [0.15, 0.2) is 60.7 Å². The van der Waals surface area contributed by atoms with Crippen LogP contribution >= 0.6 is 0 Å². The molecule has 33 heavy (non-hydrogen) atoms. The van der Waals surface area contributed by atoms with Crippen molar-refractivity contribution in [2.45, 2.75) is 37.8 Å². The van der Waals surface area contributed by atoms with Crippen LogP contribution in [0.4, 0.5) is 13.2 Å². The van der Waals surface area contributed by atoms with Crippen LogP contribution in [0.3, 0.4) is 0 Å². The number of fused-ring (bicyclic) bond motifs is 2. The first-order valence-electron chi connectivity index (χ1n) is 10.7. The second kappa shape index (κ2) is 9.17. The lowest BCUT2D eigenvalue weighted by Crippen LogP contribution is -2.07. The smallest absolute Gasteiger partial charge is 0.417 e. The topological polar surface area (TPSA) is 66.8 Å². The Bertz CT molecular complexity index is 1170. The van der Waals surface area contributed by atoms with Crippen LogP contribution in [0.1, 0.15) is 41.0 Å². The number of carboxylic acid groups (broad SMARTS) is 1. The minimum atomic E-state index is -4.31. The van der Waals surface area contributed by atoms with Crippen LogP contribution in [0.2, 0.25) is 0 Å². The molecule has 4 nitrogen and oxygen atoms in total. The number of rotatable bonds is 3. The van der Waals surface area contributed by atoms with Crippen molar-refractivity contribution < 1.29 is 32.9 Å². The van der Waals surface area contributed by atoms with Gasteiger partial charge in [0, 0.05) is 17.5 Å². The number of carboxylic acids is 1. The number of hydrogen-bond acceptors (Lipinski definition) is 3. The van der Waals surface area contributed by atoms with Gasteiger partial charge in [-0.2, -0.15) is 13.2 Å². The fourth-order valence-corrected chi connectivity index (χ4v) is 4.48. The van der Waals surface area contributed by atoms with E-state index in [1.165, 1.54) is 17.7 Å².